The minimum Gasteiger partial charge on any atom is -0.484 e. The fraction of sp³-hybridized carbons (Fsp3) is 0.214. The van der Waals surface area contributed by atoms with Gasteiger partial charge in [-0.2, -0.15) is 5.10 Å². The predicted molar refractivity (Wildman–Crippen MR) is 139 cm³/mol. The van der Waals surface area contributed by atoms with E-state index in [-0.39, 0.29) is 24.8 Å². The molecule has 0 unspecified atom stereocenters. The molecule has 0 aliphatic rings. The van der Waals surface area contributed by atoms with Crippen LogP contribution >= 0.6 is 0 Å². The lowest BCUT2D eigenvalue weighted by Gasteiger charge is -2.08. The molecular weight excluding hydrogens is 456 g/mol. The van der Waals surface area contributed by atoms with Crippen molar-refractivity contribution in [3.8, 4) is 5.75 Å². The number of carbonyl (C=O) groups excluding carboxylic acids is 3. The lowest BCUT2D eigenvalue weighted by molar-refractivity contribution is -0.129. The van der Waals surface area contributed by atoms with Gasteiger partial charge in [0.2, 0.25) is 11.8 Å². The molecule has 36 heavy (non-hydrogen) atoms. The molecular formula is C28H30N4O4. The zero-order valence-corrected chi connectivity index (χ0v) is 20.0. The van der Waals surface area contributed by atoms with Gasteiger partial charge in [0.25, 0.3) is 5.91 Å². The van der Waals surface area contributed by atoms with E-state index in [1.165, 1.54) is 6.21 Å². The van der Waals surface area contributed by atoms with E-state index in [0.717, 1.165) is 23.1 Å². The first-order valence-electron chi connectivity index (χ1n) is 11.7. The molecule has 0 bridgehead atoms. The van der Waals surface area contributed by atoms with Crippen LogP contribution in [0.3, 0.4) is 0 Å². The molecule has 3 aromatic rings. The predicted octanol–water partition coefficient (Wildman–Crippen LogP) is 2.62. The van der Waals surface area contributed by atoms with Gasteiger partial charge in [0.05, 0.1) is 6.21 Å². The zero-order chi connectivity index (χ0) is 25.4. The molecule has 0 heterocycles. The summed E-state index contributed by atoms with van der Waals surface area (Å²) in [5, 5.41) is 9.43. The first-order chi connectivity index (χ1) is 17.6. The SMILES string of the molecule is O=C(COc1ccc(/C=N/NC(=O)CC(=O)NCCc2ccccc2)cc1)NCCc1ccccc1. The van der Waals surface area contributed by atoms with Crippen LogP contribution in [0.25, 0.3) is 0 Å². The van der Waals surface area contributed by atoms with Crippen LogP contribution in [-0.2, 0) is 27.2 Å². The molecule has 3 N–H and O–H groups in total. The molecule has 3 aromatic carbocycles. The Bertz CT molecular complexity index is 1130. The Morgan fingerprint density at radius 1 is 0.694 bits per heavy atom. The van der Waals surface area contributed by atoms with E-state index in [1.807, 2.05) is 60.7 Å². The van der Waals surface area contributed by atoms with Crippen LogP contribution in [0, 0.1) is 0 Å². The maximum absolute atomic E-state index is 12.0. The van der Waals surface area contributed by atoms with Gasteiger partial charge in [0.1, 0.15) is 12.2 Å². The molecule has 0 aromatic heterocycles. The summed E-state index contributed by atoms with van der Waals surface area (Å²) in [7, 11) is 0. The van der Waals surface area contributed by atoms with Crippen LogP contribution in [0.1, 0.15) is 23.1 Å². The van der Waals surface area contributed by atoms with Crippen molar-refractivity contribution < 1.29 is 19.1 Å². The molecule has 0 saturated carbocycles. The molecule has 0 fully saturated rings. The topological polar surface area (TPSA) is 109 Å². The maximum Gasteiger partial charge on any atom is 0.257 e. The van der Waals surface area contributed by atoms with E-state index in [0.29, 0.717) is 25.3 Å². The van der Waals surface area contributed by atoms with Crippen LogP contribution in [0.5, 0.6) is 5.75 Å². The van der Waals surface area contributed by atoms with E-state index in [4.69, 9.17) is 4.74 Å². The quantitative estimate of drug-likeness (QED) is 0.196. The van der Waals surface area contributed by atoms with Crippen molar-refractivity contribution in [2.75, 3.05) is 19.7 Å². The Morgan fingerprint density at radius 2 is 1.25 bits per heavy atom. The monoisotopic (exact) mass is 486 g/mol. The smallest absolute Gasteiger partial charge is 0.257 e. The number of hydrazone groups is 1. The van der Waals surface area contributed by atoms with Crippen molar-refractivity contribution in [3.63, 3.8) is 0 Å². The van der Waals surface area contributed by atoms with Gasteiger partial charge in [0.15, 0.2) is 6.61 Å². The number of carbonyl (C=O) groups is 3. The Labute approximate surface area is 210 Å². The summed E-state index contributed by atoms with van der Waals surface area (Å²) in [5.74, 6) is -0.504. The lowest BCUT2D eigenvalue weighted by atomic mass is 10.1. The molecule has 8 heteroatoms. The minimum absolute atomic E-state index is 0.0777. The first kappa shape index (κ1) is 26.2. The molecule has 0 atom stereocenters. The highest BCUT2D eigenvalue weighted by atomic mass is 16.5. The summed E-state index contributed by atoms with van der Waals surface area (Å²) in [6.07, 6.45) is 2.62. The molecule has 8 nitrogen and oxygen atoms in total. The fourth-order valence-corrected chi connectivity index (χ4v) is 3.26. The van der Waals surface area contributed by atoms with Gasteiger partial charge in [-0.1, -0.05) is 60.7 Å². The van der Waals surface area contributed by atoms with Gasteiger partial charge in [-0.05, 0) is 53.8 Å². The number of hydrogen-bond acceptors (Lipinski definition) is 5. The van der Waals surface area contributed by atoms with Crippen LogP contribution in [0.15, 0.2) is 90.0 Å². The number of rotatable bonds is 13. The number of benzene rings is 3. The third kappa shape index (κ3) is 10.2. The lowest BCUT2D eigenvalue weighted by Crippen LogP contribution is -2.31. The first-order valence-corrected chi connectivity index (χ1v) is 11.7. The maximum atomic E-state index is 12.0. The van der Waals surface area contributed by atoms with Crippen molar-refractivity contribution >= 4 is 23.9 Å². The number of amides is 3. The summed E-state index contributed by atoms with van der Waals surface area (Å²) in [6, 6.07) is 26.6. The van der Waals surface area contributed by atoms with Crippen molar-refractivity contribution in [1.29, 1.82) is 0 Å². The second-order valence-corrected chi connectivity index (χ2v) is 8.00. The Hall–Kier alpha value is -4.46. The number of nitrogens with one attached hydrogen (secondary N) is 3. The Morgan fingerprint density at radius 3 is 1.83 bits per heavy atom. The van der Waals surface area contributed by atoms with Gasteiger partial charge < -0.3 is 15.4 Å². The van der Waals surface area contributed by atoms with Gasteiger partial charge in [0, 0.05) is 13.1 Å². The normalized spacial score (nSPS) is 10.6. The highest BCUT2D eigenvalue weighted by Gasteiger charge is 2.08. The van der Waals surface area contributed by atoms with Gasteiger partial charge in [-0.25, -0.2) is 5.43 Å². The fourth-order valence-electron chi connectivity index (χ4n) is 3.26. The highest BCUT2D eigenvalue weighted by molar-refractivity contribution is 5.97. The molecule has 0 saturated heterocycles. The molecule has 0 spiro atoms. The van der Waals surface area contributed by atoms with Crippen molar-refractivity contribution in [1.82, 2.24) is 16.1 Å². The van der Waals surface area contributed by atoms with Crippen LogP contribution in [0.2, 0.25) is 0 Å². The molecule has 0 aliphatic heterocycles. The second kappa shape index (κ2) is 14.7. The van der Waals surface area contributed by atoms with E-state index in [1.54, 1.807) is 24.3 Å². The van der Waals surface area contributed by atoms with E-state index in [2.05, 4.69) is 21.2 Å². The van der Waals surface area contributed by atoms with E-state index < -0.39 is 5.91 Å². The summed E-state index contributed by atoms with van der Waals surface area (Å²) in [5.41, 5.74) is 5.34. The van der Waals surface area contributed by atoms with Gasteiger partial charge in [-0.15, -0.1) is 0 Å². The third-order valence-electron chi connectivity index (χ3n) is 5.13. The number of nitrogens with zero attached hydrogens (tertiary/aromatic N) is 1. The average molecular weight is 487 g/mol. The summed E-state index contributed by atoms with van der Waals surface area (Å²) < 4.78 is 5.50. The van der Waals surface area contributed by atoms with Gasteiger partial charge in [-0.3, -0.25) is 14.4 Å². The van der Waals surface area contributed by atoms with Crippen molar-refractivity contribution in [3.05, 3.63) is 102 Å². The Balaban J connectivity index is 1.28. The minimum atomic E-state index is -0.498. The van der Waals surface area contributed by atoms with Crippen LogP contribution in [0.4, 0.5) is 0 Å². The third-order valence-corrected chi connectivity index (χ3v) is 5.13. The number of ether oxygens (including phenoxy) is 1. The van der Waals surface area contributed by atoms with Crippen molar-refractivity contribution in [2.45, 2.75) is 19.3 Å². The summed E-state index contributed by atoms with van der Waals surface area (Å²) in [6.45, 7) is 0.928. The van der Waals surface area contributed by atoms with E-state index >= 15 is 0 Å². The van der Waals surface area contributed by atoms with E-state index in [9.17, 15) is 14.4 Å². The second-order valence-electron chi connectivity index (χ2n) is 8.00. The molecule has 186 valence electrons. The highest BCUT2D eigenvalue weighted by Crippen LogP contribution is 2.11. The zero-order valence-electron chi connectivity index (χ0n) is 20.0. The molecule has 0 aliphatic carbocycles. The van der Waals surface area contributed by atoms with Crippen LogP contribution in [-0.4, -0.2) is 43.6 Å². The van der Waals surface area contributed by atoms with Crippen LogP contribution < -0.4 is 20.8 Å². The molecule has 0 radical (unpaired) electrons. The van der Waals surface area contributed by atoms with Gasteiger partial charge >= 0.3 is 0 Å². The summed E-state index contributed by atoms with van der Waals surface area (Å²) in [4.78, 5) is 35.7. The number of hydrogen-bond donors (Lipinski definition) is 3. The standard InChI is InChI=1S/C28H30N4O4/c33-26(29-17-15-22-7-3-1-4-8-22)19-27(34)32-31-20-24-11-13-25(14-12-24)36-21-28(35)30-18-16-23-9-5-2-6-10-23/h1-14,20H,15-19,21H2,(H,29,33)(H,30,35)(H,32,34)/b31-20+. The Kier molecular flexibility index (Phi) is 10.7. The van der Waals surface area contributed by atoms with Crippen molar-refractivity contribution in [2.24, 2.45) is 5.10 Å². The molecule has 3 amide bonds. The summed E-state index contributed by atoms with van der Waals surface area (Å²) >= 11 is 0. The largest absolute Gasteiger partial charge is 0.484 e. The average Bonchev–Trinajstić information content (AvgIpc) is 2.89. The molecule has 3 rings (SSSR count).